The average molecular weight is 547 g/mol. The molecule has 204 valence electrons. The highest BCUT2D eigenvalue weighted by Crippen LogP contribution is 2.44. The van der Waals surface area contributed by atoms with Crippen LogP contribution in [0.1, 0.15) is 48.9 Å². The second-order valence-electron chi connectivity index (χ2n) is 10.1. The van der Waals surface area contributed by atoms with Gasteiger partial charge in [-0.25, -0.2) is 9.59 Å². The number of aryl methyl sites for hydroxylation is 1. The average Bonchev–Trinajstić information content (AvgIpc) is 3.43. The summed E-state index contributed by atoms with van der Waals surface area (Å²) in [4.78, 5) is 58.1. The molecule has 6 rings (SSSR count). The van der Waals surface area contributed by atoms with Gasteiger partial charge >= 0.3 is 12.1 Å². The Hall–Kier alpha value is -5.24. The van der Waals surface area contributed by atoms with Gasteiger partial charge in [0.05, 0.1) is 11.1 Å². The number of carbonyl (C=O) groups is 4. The molecule has 4 aromatic carbocycles. The molecule has 0 N–H and O–H groups in total. The molecule has 0 radical (unpaired) electrons. The molecule has 0 fully saturated rings. The predicted octanol–water partition coefficient (Wildman–Crippen LogP) is 5.50. The lowest BCUT2D eigenvalue weighted by Crippen LogP contribution is -2.40. The van der Waals surface area contributed by atoms with E-state index in [1.165, 1.54) is 17.0 Å². The summed E-state index contributed by atoms with van der Waals surface area (Å²) in [7, 11) is 0. The molecular formula is C33H26N2O6. The Morgan fingerprint density at radius 3 is 1.90 bits per heavy atom. The number of nitrogens with zero attached hydrogens (tertiary/aromatic N) is 2. The van der Waals surface area contributed by atoms with Crippen LogP contribution >= 0.6 is 0 Å². The summed E-state index contributed by atoms with van der Waals surface area (Å²) in [5.74, 6) is -2.56. The van der Waals surface area contributed by atoms with Gasteiger partial charge in [0.15, 0.2) is 0 Å². The highest BCUT2D eigenvalue weighted by atomic mass is 16.7. The monoisotopic (exact) mass is 546 g/mol. The maximum absolute atomic E-state index is 13.4. The Labute approximate surface area is 236 Å². The van der Waals surface area contributed by atoms with Gasteiger partial charge in [-0.2, -0.15) is 0 Å². The first-order valence-corrected chi connectivity index (χ1v) is 13.2. The van der Waals surface area contributed by atoms with Crippen LogP contribution in [0.4, 0.5) is 4.79 Å². The van der Waals surface area contributed by atoms with E-state index in [-0.39, 0.29) is 30.2 Å². The minimum atomic E-state index is -0.944. The molecule has 8 nitrogen and oxygen atoms in total. The molecule has 41 heavy (non-hydrogen) atoms. The van der Waals surface area contributed by atoms with Crippen molar-refractivity contribution in [2.45, 2.75) is 19.4 Å². The Bertz CT molecular complexity index is 1620. The second-order valence-corrected chi connectivity index (χ2v) is 10.1. The van der Waals surface area contributed by atoms with E-state index >= 15 is 0 Å². The Morgan fingerprint density at radius 2 is 1.32 bits per heavy atom. The number of benzene rings is 4. The summed E-state index contributed by atoms with van der Waals surface area (Å²) in [6, 6.07) is 29.8. The van der Waals surface area contributed by atoms with Crippen molar-refractivity contribution in [2.75, 3.05) is 13.2 Å². The van der Waals surface area contributed by atoms with Crippen molar-refractivity contribution in [2.24, 2.45) is 0 Å². The third-order valence-electron chi connectivity index (χ3n) is 7.32. The van der Waals surface area contributed by atoms with E-state index in [4.69, 9.17) is 9.57 Å². The fourth-order valence-electron chi connectivity index (χ4n) is 5.44. The molecule has 0 spiro atoms. The lowest BCUT2D eigenvalue weighted by atomic mass is 9.98. The molecule has 1 aliphatic heterocycles. The Morgan fingerprint density at radius 1 is 0.756 bits per heavy atom. The maximum Gasteiger partial charge on any atom is 0.410 e. The van der Waals surface area contributed by atoms with Gasteiger partial charge in [-0.1, -0.05) is 95.6 Å². The number of ether oxygens (including phenoxy) is 1. The minimum Gasteiger partial charge on any atom is -0.448 e. The molecule has 2 aliphatic rings. The number of imide groups is 1. The van der Waals surface area contributed by atoms with Crippen LogP contribution in [0.15, 0.2) is 97.1 Å². The van der Waals surface area contributed by atoms with Gasteiger partial charge in [0.1, 0.15) is 13.2 Å². The molecule has 1 heterocycles. The normalized spacial score (nSPS) is 13.4. The SMILES string of the molecule is Cc1cccc(CN(CC(=O)ON2C(=O)c3ccccc3C2=O)C(=O)OCC2c3ccccc3-c3ccccc32)c1. The largest absolute Gasteiger partial charge is 0.448 e. The van der Waals surface area contributed by atoms with Gasteiger partial charge in [-0.3, -0.25) is 14.5 Å². The number of rotatable bonds is 7. The molecule has 0 saturated carbocycles. The fourth-order valence-corrected chi connectivity index (χ4v) is 5.44. The molecule has 0 aromatic heterocycles. The van der Waals surface area contributed by atoms with Crippen LogP contribution in [0.2, 0.25) is 0 Å². The molecule has 4 aromatic rings. The number of amides is 3. The van der Waals surface area contributed by atoms with Gasteiger partial charge in [0, 0.05) is 12.5 Å². The summed E-state index contributed by atoms with van der Waals surface area (Å²) in [5, 5.41) is 0.440. The number of carbonyl (C=O) groups excluding carboxylic acids is 4. The molecule has 0 saturated heterocycles. The first-order chi connectivity index (χ1) is 19.9. The Balaban J connectivity index is 1.19. The van der Waals surface area contributed by atoms with Crippen LogP contribution in [0.25, 0.3) is 11.1 Å². The minimum absolute atomic E-state index is 0.0651. The van der Waals surface area contributed by atoms with Crippen LogP contribution in [0, 0.1) is 6.92 Å². The van der Waals surface area contributed by atoms with Crippen LogP contribution in [-0.4, -0.2) is 47.0 Å². The number of hydrogen-bond acceptors (Lipinski definition) is 6. The first-order valence-electron chi connectivity index (χ1n) is 13.2. The zero-order valence-electron chi connectivity index (χ0n) is 22.3. The number of hydrogen-bond donors (Lipinski definition) is 0. The van der Waals surface area contributed by atoms with Crippen LogP contribution in [0.5, 0.6) is 0 Å². The summed E-state index contributed by atoms with van der Waals surface area (Å²) in [5.41, 5.74) is 6.41. The highest BCUT2D eigenvalue weighted by Gasteiger charge is 2.39. The van der Waals surface area contributed by atoms with Crippen molar-refractivity contribution in [1.29, 1.82) is 0 Å². The molecule has 8 heteroatoms. The molecule has 0 unspecified atom stereocenters. The van der Waals surface area contributed by atoms with Crippen molar-refractivity contribution in [3.8, 4) is 11.1 Å². The van der Waals surface area contributed by atoms with Gasteiger partial charge < -0.3 is 9.57 Å². The van der Waals surface area contributed by atoms with E-state index in [0.29, 0.717) is 5.06 Å². The first kappa shape index (κ1) is 26.0. The quantitative estimate of drug-likeness (QED) is 0.284. The van der Waals surface area contributed by atoms with Gasteiger partial charge in [-0.15, -0.1) is 0 Å². The zero-order valence-corrected chi connectivity index (χ0v) is 22.3. The molecule has 1 aliphatic carbocycles. The molecular weight excluding hydrogens is 520 g/mol. The third kappa shape index (κ3) is 4.96. The van der Waals surface area contributed by atoms with E-state index in [0.717, 1.165) is 33.4 Å². The van der Waals surface area contributed by atoms with E-state index in [9.17, 15) is 19.2 Å². The predicted molar refractivity (Wildman–Crippen MR) is 150 cm³/mol. The fraction of sp³-hybridized carbons (Fsp3) is 0.152. The number of hydroxylamine groups is 2. The maximum atomic E-state index is 13.4. The van der Waals surface area contributed by atoms with E-state index in [1.54, 1.807) is 12.1 Å². The second kappa shape index (κ2) is 10.7. The molecule has 3 amide bonds. The topological polar surface area (TPSA) is 93.2 Å². The van der Waals surface area contributed by atoms with Crippen molar-refractivity contribution in [1.82, 2.24) is 9.96 Å². The summed E-state index contributed by atoms with van der Waals surface area (Å²) < 4.78 is 5.80. The van der Waals surface area contributed by atoms with Gasteiger partial charge in [0.25, 0.3) is 11.8 Å². The van der Waals surface area contributed by atoms with Gasteiger partial charge in [-0.05, 0) is 46.9 Å². The van der Waals surface area contributed by atoms with Crippen molar-refractivity contribution in [3.05, 3.63) is 130 Å². The summed E-state index contributed by atoms with van der Waals surface area (Å²) in [6.07, 6.45) is -0.715. The van der Waals surface area contributed by atoms with Gasteiger partial charge in [0.2, 0.25) is 0 Å². The lowest BCUT2D eigenvalue weighted by molar-refractivity contribution is -0.169. The van der Waals surface area contributed by atoms with E-state index in [1.807, 2.05) is 67.6 Å². The lowest BCUT2D eigenvalue weighted by Gasteiger charge is -2.24. The standard InChI is InChI=1S/C33H26N2O6/c1-21-9-8-10-22(17-21)18-34(19-30(36)41-35-31(37)27-15-6-7-16-28(27)32(35)38)33(39)40-20-29-25-13-4-2-11-23(25)24-12-3-5-14-26(24)29/h2-17,29H,18-20H2,1H3. The Kier molecular flexibility index (Phi) is 6.81. The zero-order chi connectivity index (χ0) is 28.5. The number of fused-ring (bicyclic) bond motifs is 4. The molecule has 0 atom stereocenters. The van der Waals surface area contributed by atoms with Crippen molar-refractivity contribution >= 4 is 23.9 Å². The van der Waals surface area contributed by atoms with Crippen molar-refractivity contribution < 1.29 is 28.8 Å². The van der Waals surface area contributed by atoms with Crippen molar-refractivity contribution in [3.63, 3.8) is 0 Å². The van der Waals surface area contributed by atoms with E-state index < -0.39 is 30.4 Å². The van der Waals surface area contributed by atoms with Crippen LogP contribution in [-0.2, 0) is 20.9 Å². The molecule has 0 bridgehead atoms. The third-order valence-corrected chi connectivity index (χ3v) is 7.32. The smallest absolute Gasteiger partial charge is 0.410 e. The van der Waals surface area contributed by atoms with Crippen LogP contribution in [0.3, 0.4) is 0 Å². The van der Waals surface area contributed by atoms with Crippen LogP contribution < -0.4 is 0 Å². The summed E-state index contributed by atoms with van der Waals surface area (Å²) in [6.45, 7) is 1.54. The van der Waals surface area contributed by atoms with E-state index in [2.05, 4.69) is 12.1 Å². The summed E-state index contributed by atoms with van der Waals surface area (Å²) >= 11 is 0. The highest BCUT2D eigenvalue weighted by molar-refractivity contribution is 6.20.